The third kappa shape index (κ3) is 3.53. The summed E-state index contributed by atoms with van der Waals surface area (Å²) in [7, 11) is 0. The van der Waals surface area contributed by atoms with Crippen molar-refractivity contribution in [1.29, 1.82) is 0 Å². The highest BCUT2D eigenvalue weighted by molar-refractivity contribution is 6.03. The number of anilines is 1. The SMILES string of the molecule is Cc1cnoc1C(=O)Nc1ccc(F)c(/C=C/C(=O)O)c1. The topological polar surface area (TPSA) is 92.4 Å². The fourth-order valence-corrected chi connectivity index (χ4v) is 1.61. The quantitative estimate of drug-likeness (QED) is 0.844. The van der Waals surface area contributed by atoms with Gasteiger partial charge in [-0.25, -0.2) is 9.18 Å². The van der Waals surface area contributed by atoms with Crippen LogP contribution >= 0.6 is 0 Å². The van der Waals surface area contributed by atoms with Crippen molar-refractivity contribution in [2.75, 3.05) is 5.32 Å². The van der Waals surface area contributed by atoms with Gasteiger partial charge in [0.15, 0.2) is 0 Å². The third-order valence-corrected chi connectivity index (χ3v) is 2.61. The molecule has 0 saturated heterocycles. The lowest BCUT2D eigenvalue weighted by Gasteiger charge is -2.05. The highest BCUT2D eigenvalue weighted by Gasteiger charge is 2.14. The van der Waals surface area contributed by atoms with E-state index in [1.54, 1.807) is 6.92 Å². The fourth-order valence-electron chi connectivity index (χ4n) is 1.61. The van der Waals surface area contributed by atoms with Crippen molar-refractivity contribution in [3.63, 3.8) is 0 Å². The lowest BCUT2D eigenvalue weighted by atomic mass is 10.1. The smallest absolute Gasteiger partial charge is 0.328 e. The van der Waals surface area contributed by atoms with Crippen molar-refractivity contribution in [2.24, 2.45) is 0 Å². The van der Waals surface area contributed by atoms with Gasteiger partial charge in [-0.2, -0.15) is 0 Å². The number of nitrogens with zero attached hydrogens (tertiary/aromatic N) is 1. The van der Waals surface area contributed by atoms with Crippen LogP contribution in [-0.2, 0) is 4.79 Å². The predicted octanol–water partition coefficient (Wildman–Crippen LogP) is 2.47. The van der Waals surface area contributed by atoms with Gasteiger partial charge in [0.25, 0.3) is 5.91 Å². The van der Waals surface area contributed by atoms with Gasteiger partial charge in [-0.3, -0.25) is 4.79 Å². The monoisotopic (exact) mass is 290 g/mol. The molecule has 0 fully saturated rings. The van der Waals surface area contributed by atoms with E-state index in [4.69, 9.17) is 9.63 Å². The number of halogens is 1. The zero-order chi connectivity index (χ0) is 15.4. The van der Waals surface area contributed by atoms with Gasteiger partial charge in [0.2, 0.25) is 5.76 Å². The maximum Gasteiger partial charge on any atom is 0.328 e. The highest BCUT2D eigenvalue weighted by Crippen LogP contribution is 2.18. The largest absolute Gasteiger partial charge is 0.478 e. The second-order valence-electron chi connectivity index (χ2n) is 4.20. The van der Waals surface area contributed by atoms with Crippen LogP contribution in [0.4, 0.5) is 10.1 Å². The number of benzene rings is 1. The molecule has 0 spiro atoms. The summed E-state index contributed by atoms with van der Waals surface area (Å²) >= 11 is 0. The standard InChI is InChI=1S/C14H11FN2O4/c1-8-7-16-21-13(8)14(20)17-10-3-4-11(15)9(6-10)2-5-12(18)19/h2-7H,1H3,(H,17,20)(H,18,19)/b5-2+. The zero-order valence-corrected chi connectivity index (χ0v) is 11.0. The number of aliphatic carboxylic acids is 1. The van der Waals surface area contributed by atoms with Crippen molar-refractivity contribution in [3.05, 3.63) is 53.2 Å². The number of amides is 1. The van der Waals surface area contributed by atoms with E-state index in [9.17, 15) is 14.0 Å². The number of hydrogen-bond acceptors (Lipinski definition) is 4. The van der Waals surface area contributed by atoms with Gasteiger partial charge in [-0.05, 0) is 31.2 Å². The average Bonchev–Trinajstić information content (AvgIpc) is 2.85. The minimum atomic E-state index is -1.19. The number of aromatic nitrogens is 1. The molecular formula is C14H11FN2O4. The molecule has 2 N–H and O–H groups in total. The molecule has 0 aliphatic carbocycles. The van der Waals surface area contributed by atoms with Crippen molar-refractivity contribution in [2.45, 2.75) is 6.92 Å². The first kappa shape index (κ1) is 14.4. The van der Waals surface area contributed by atoms with Crippen LogP contribution in [0, 0.1) is 12.7 Å². The molecular weight excluding hydrogens is 279 g/mol. The Kier molecular flexibility index (Phi) is 4.13. The number of rotatable bonds is 4. The third-order valence-electron chi connectivity index (χ3n) is 2.61. The summed E-state index contributed by atoms with van der Waals surface area (Å²) in [6, 6.07) is 3.81. The van der Waals surface area contributed by atoms with E-state index in [0.717, 1.165) is 18.2 Å². The number of carbonyl (C=O) groups excluding carboxylic acids is 1. The van der Waals surface area contributed by atoms with Crippen LogP contribution in [0.15, 0.2) is 35.0 Å². The normalized spacial score (nSPS) is 10.8. The molecule has 0 radical (unpaired) electrons. The van der Waals surface area contributed by atoms with Crippen LogP contribution in [0.25, 0.3) is 6.08 Å². The summed E-state index contributed by atoms with van der Waals surface area (Å²) in [4.78, 5) is 22.3. The van der Waals surface area contributed by atoms with E-state index >= 15 is 0 Å². The first-order chi connectivity index (χ1) is 9.97. The van der Waals surface area contributed by atoms with Crippen LogP contribution < -0.4 is 5.32 Å². The summed E-state index contributed by atoms with van der Waals surface area (Å²) in [5, 5.41) is 14.6. The Balaban J connectivity index is 2.21. The summed E-state index contributed by atoms with van der Waals surface area (Å²) in [6.45, 7) is 1.66. The Morgan fingerprint density at radius 2 is 2.19 bits per heavy atom. The molecule has 7 heteroatoms. The van der Waals surface area contributed by atoms with E-state index in [1.807, 2.05) is 0 Å². The van der Waals surface area contributed by atoms with Crippen LogP contribution in [0.1, 0.15) is 21.7 Å². The maximum absolute atomic E-state index is 13.5. The lowest BCUT2D eigenvalue weighted by Crippen LogP contribution is -2.12. The summed E-state index contributed by atoms with van der Waals surface area (Å²) in [6.07, 6.45) is 3.32. The molecule has 0 unspecified atom stereocenters. The van der Waals surface area contributed by atoms with Gasteiger partial charge in [0.1, 0.15) is 5.82 Å². The van der Waals surface area contributed by atoms with Gasteiger partial charge < -0.3 is 14.9 Å². The summed E-state index contributed by atoms with van der Waals surface area (Å²) in [5.74, 6) is -2.26. The lowest BCUT2D eigenvalue weighted by molar-refractivity contribution is -0.131. The molecule has 0 aliphatic heterocycles. The number of carboxylic acid groups (broad SMARTS) is 1. The molecule has 0 aliphatic rings. The Morgan fingerprint density at radius 1 is 1.43 bits per heavy atom. The van der Waals surface area contributed by atoms with Crippen LogP contribution in [0.3, 0.4) is 0 Å². The molecule has 0 bridgehead atoms. The molecule has 1 heterocycles. The second kappa shape index (κ2) is 6.00. The molecule has 1 aromatic heterocycles. The van der Waals surface area contributed by atoms with E-state index < -0.39 is 17.7 Å². The maximum atomic E-state index is 13.5. The van der Waals surface area contributed by atoms with E-state index in [0.29, 0.717) is 11.3 Å². The Bertz CT molecular complexity index is 722. The van der Waals surface area contributed by atoms with Gasteiger partial charge in [0, 0.05) is 22.9 Å². The van der Waals surface area contributed by atoms with Gasteiger partial charge >= 0.3 is 5.97 Å². The van der Waals surface area contributed by atoms with Gasteiger partial charge in [0.05, 0.1) is 6.20 Å². The molecule has 1 amide bonds. The molecule has 6 nitrogen and oxygen atoms in total. The summed E-state index contributed by atoms with van der Waals surface area (Å²) in [5.41, 5.74) is 0.923. The van der Waals surface area contributed by atoms with E-state index in [1.165, 1.54) is 18.3 Å². The molecule has 2 aromatic rings. The van der Waals surface area contributed by atoms with Crippen molar-refractivity contribution < 1.29 is 23.6 Å². The number of carboxylic acids is 1. The molecule has 1 aromatic carbocycles. The number of hydrogen-bond donors (Lipinski definition) is 2. The Labute approximate surface area is 118 Å². The number of carbonyl (C=O) groups is 2. The minimum Gasteiger partial charge on any atom is -0.478 e. The van der Waals surface area contributed by atoms with E-state index in [2.05, 4.69) is 10.5 Å². The van der Waals surface area contributed by atoms with Crippen molar-refractivity contribution in [1.82, 2.24) is 5.16 Å². The highest BCUT2D eigenvalue weighted by atomic mass is 19.1. The Hall–Kier alpha value is -2.96. The zero-order valence-electron chi connectivity index (χ0n) is 11.0. The van der Waals surface area contributed by atoms with Crippen molar-refractivity contribution >= 4 is 23.6 Å². The molecule has 0 atom stereocenters. The fraction of sp³-hybridized carbons (Fsp3) is 0.0714. The molecule has 0 saturated carbocycles. The summed E-state index contributed by atoms with van der Waals surface area (Å²) < 4.78 is 18.3. The number of nitrogens with one attached hydrogen (secondary N) is 1. The van der Waals surface area contributed by atoms with Crippen LogP contribution in [-0.4, -0.2) is 22.1 Å². The van der Waals surface area contributed by atoms with Gasteiger partial charge in [-0.15, -0.1) is 0 Å². The molecule has 2 rings (SSSR count). The predicted molar refractivity (Wildman–Crippen MR) is 72.3 cm³/mol. The van der Waals surface area contributed by atoms with Crippen LogP contribution in [0.2, 0.25) is 0 Å². The molecule has 21 heavy (non-hydrogen) atoms. The van der Waals surface area contributed by atoms with E-state index in [-0.39, 0.29) is 11.3 Å². The van der Waals surface area contributed by atoms with Gasteiger partial charge in [-0.1, -0.05) is 5.16 Å². The van der Waals surface area contributed by atoms with Crippen molar-refractivity contribution in [3.8, 4) is 0 Å². The first-order valence-electron chi connectivity index (χ1n) is 5.90. The average molecular weight is 290 g/mol. The number of aryl methyl sites for hydroxylation is 1. The van der Waals surface area contributed by atoms with Crippen LogP contribution in [0.5, 0.6) is 0 Å². The minimum absolute atomic E-state index is 0.0458. The first-order valence-corrected chi connectivity index (χ1v) is 5.90. The second-order valence-corrected chi connectivity index (χ2v) is 4.20. The Morgan fingerprint density at radius 3 is 2.81 bits per heavy atom. The molecule has 108 valence electrons.